The van der Waals surface area contributed by atoms with E-state index in [1.54, 1.807) is 0 Å². The van der Waals surface area contributed by atoms with E-state index in [-0.39, 0.29) is 28.5 Å². The summed E-state index contributed by atoms with van der Waals surface area (Å²) in [6.07, 6.45) is -10.6. The van der Waals surface area contributed by atoms with Gasteiger partial charge in [-0.3, -0.25) is 4.79 Å². The summed E-state index contributed by atoms with van der Waals surface area (Å²) in [5.41, 5.74) is -1.91. The normalized spacial score (nSPS) is 13.1. The van der Waals surface area contributed by atoms with E-state index in [9.17, 15) is 36.2 Å². The molecule has 1 unspecified atom stereocenters. The van der Waals surface area contributed by atoms with Crippen LogP contribution in [-0.4, -0.2) is 27.6 Å². The molecule has 0 aliphatic heterocycles. The number of carboxylic acid groups (broad SMARTS) is 1. The molecule has 0 aliphatic rings. The summed E-state index contributed by atoms with van der Waals surface area (Å²) in [4.78, 5) is 11.4. The van der Waals surface area contributed by atoms with E-state index >= 15 is 0 Å². The molecule has 0 radical (unpaired) electrons. The first-order chi connectivity index (χ1) is 14.8. The van der Waals surface area contributed by atoms with Crippen molar-refractivity contribution in [2.75, 3.05) is 0 Å². The van der Waals surface area contributed by atoms with Gasteiger partial charge in [0, 0.05) is 12.5 Å². The molecule has 0 aliphatic carbocycles. The summed E-state index contributed by atoms with van der Waals surface area (Å²) < 4.78 is 88.3. The molecule has 6 nitrogen and oxygen atoms in total. The van der Waals surface area contributed by atoms with Crippen molar-refractivity contribution in [1.29, 1.82) is 0 Å². The molecular formula is C20H14F6N2O4. The largest absolute Gasteiger partial charge is 0.573 e. The second-order valence-corrected chi connectivity index (χ2v) is 6.70. The number of aryl methyl sites for hydroxylation is 1. The van der Waals surface area contributed by atoms with Crippen LogP contribution in [0.15, 0.2) is 46.9 Å². The van der Waals surface area contributed by atoms with Crippen LogP contribution in [0.25, 0.3) is 11.1 Å². The van der Waals surface area contributed by atoms with Gasteiger partial charge in [-0.2, -0.15) is 13.2 Å². The summed E-state index contributed by atoms with van der Waals surface area (Å²) in [6, 6.07) is 7.16. The molecule has 12 heteroatoms. The first-order valence-electron chi connectivity index (χ1n) is 8.92. The molecule has 0 spiro atoms. The Bertz CT molecular complexity index is 1120. The maximum Gasteiger partial charge on any atom is 0.573 e. The molecule has 1 N–H and O–H groups in total. The van der Waals surface area contributed by atoms with E-state index in [1.807, 2.05) is 0 Å². The number of alkyl halides is 6. The van der Waals surface area contributed by atoms with Crippen LogP contribution in [0, 0.1) is 6.92 Å². The maximum absolute atomic E-state index is 13.6. The summed E-state index contributed by atoms with van der Waals surface area (Å²) in [5, 5.41) is 16.5. The van der Waals surface area contributed by atoms with E-state index in [2.05, 4.69) is 14.9 Å². The fraction of sp³-hybridized carbons (Fsp3) is 0.250. The molecule has 32 heavy (non-hydrogen) atoms. The van der Waals surface area contributed by atoms with Gasteiger partial charge < -0.3 is 14.3 Å². The predicted molar refractivity (Wildman–Crippen MR) is 96.7 cm³/mol. The van der Waals surface area contributed by atoms with Crippen molar-refractivity contribution in [1.82, 2.24) is 10.2 Å². The second kappa shape index (κ2) is 8.52. The van der Waals surface area contributed by atoms with Crippen LogP contribution in [0.5, 0.6) is 5.75 Å². The number of rotatable bonds is 6. The van der Waals surface area contributed by atoms with Gasteiger partial charge in [0.25, 0.3) is 0 Å². The molecule has 1 atom stereocenters. The molecule has 1 aromatic heterocycles. The van der Waals surface area contributed by atoms with Gasteiger partial charge in [0.2, 0.25) is 11.8 Å². The number of nitrogens with zero attached hydrogens (tertiary/aromatic N) is 2. The van der Waals surface area contributed by atoms with Crippen molar-refractivity contribution in [3.8, 4) is 16.9 Å². The molecule has 0 fully saturated rings. The Morgan fingerprint density at radius 1 is 1.09 bits per heavy atom. The summed E-state index contributed by atoms with van der Waals surface area (Å²) in [5.74, 6) is -3.52. The molecule has 3 aromatic rings. The molecule has 0 saturated carbocycles. The van der Waals surface area contributed by atoms with E-state index in [0.29, 0.717) is 12.1 Å². The molecule has 3 rings (SSSR count). The molecule has 1 heterocycles. The lowest BCUT2D eigenvalue weighted by Gasteiger charge is -2.18. The van der Waals surface area contributed by atoms with Crippen LogP contribution in [0.2, 0.25) is 0 Å². The van der Waals surface area contributed by atoms with Crippen molar-refractivity contribution >= 4 is 5.97 Å². The van der Waals surface area contributed by atoms with Crippen molar-refractivity contribution < 1.29 is 45.4 Å². The quantitative estimate of drug-likeness (QED) is 0.484. The minimum atomic E-state index is -5.08. The number of ether oxygens (including phenoxy) is 1. The minimum Gasteiger partial charge on any atom is -0.481 e. The molecule has 2 aromatic carbocycles. The first kappa shape index (κ1) is 23.1. The molecule has 170 valence electrons. The zero-order valence-electron chi connectivity index (χ0n) is 16.2. The number of carboxylic acids is 1. The number of halogens is 6. The number of para-hydroxylation sites is 1. The van der Waals surface area contributed by atoms with Crippen molar-refractivity contribution in [2.24, 2.45) is 0 Å². The van der Waals surface area contributed by atoms with E-state index < -0.39 is 42.2 Å². The Morgan fingerprint density at radius 3 is 2.34 bits per heavy atom. The van der Waals surface area contributed by atoms with Gasteiger partial charge in [0.05, 0.1) is 17.9 Å². The van der Waals surface area contributed by atoms with Gasteiger partial charge in [-0.25, -0.2) is 0 Å². The molecular weight excluding hydrogens is 446 g/mol. The standard InChI is InChI=1S/C20H14F6N2O4/c1-10-27-28-18(31-10)15(9-17(29)30)12-6-11(7-13(8-12)19(21,22)23)14-4-2-3-5-16(14)32-20(24,25)26/h2-8,15H,9H2,1H3,(H,29,30). The number of hydrogen-bond acceptors (Lipinski definition) is 5. The number of carbonyl (C=O) groups is 1. The third kappa shape index (κ3) is 5.56. The number of hydrogen-bond donors (Lipinski definition) is 1. The summed E-state index contributed by atoms with van der Waals surface area (Å²) >= 11 is 0. The monoisotopic (exact) mass is 460 g/mol. The van der Waals surface area contributed by atoms with Crippen molar-refractivity contribution in [3.05, 3.63) is 65.4 Å². The SMILES string of the molecule is Cc1nnc(C(CC(=O)O)c2cc(-c3ccccc3OC(F)(F)F)cc(C(F)(F)F)c2)o1. The van der Waals surface area contributed by atoms with Crippen molar-refractivity contribution in [3.63, 3.8) is 0 Å². The van der Waals surface area contributed by atoms with Crippen LogP contribution in [-0.2, 0) is 11.0 Å². The maximum atomic E-state index is 13.6. The summed E-state index contributed by atoms with van der Waals surface area (Å²) in [7, 11) is 0. The molecule has 0 bridgehead atoms. The van der Waals surface area contributed by atoms with Gasteiger partial charge in [-0.1, -0.05) is 24.3 Å². The average molecular weight is 460 g/mol. The topological polar surface area (TPSA) is 85.5 Å². The second-order valence-electron chi connectivity index (χ2n) is 6.70. The third-order valence-electron chi connectivity index (χ3n) is 4.33. The fourth-order valence-corrected chi connectivity index (χ4v) is 3.07. The van der Waals surface area contributed by atoms with Crippen LogP contribution >= 0.6 is 0 Å². The smallest absolute Gasteiger partial charge is 0.481 e. The first-order valence-corrected chi connectivity index (χ1v) is 8.92. The van der Waals surface area contributed by atoms with Gasteiger partial charge >= 0.3 is 18.5 Å². The Hall–Kier alpha value is -3.57. The molecule has 0 amide bonds. The summed E-state index contributed by atoms with van der Waals surface area (Å²) in [6.45, 7) is 1.41. The third-order valence-corrected chi connectivity index (χ3v) is 4.33. The Labute approximate surface area is 176 Å². The minimum absolute atomic E-state index is 0.0616. The zero-order chi connectivity index (χ0) is 23.7. The van der Waals surface area contributed by atoms with Gasteiger partial charge in [-0.05, 0) is 29.3 Å². The number of aromatic nitrogens is 2. The number of benzene rings is 2. The van der Waals surface area contributed by atoms with Gasteiger partial charge in [0.1, 0.15) is 5.75 Å². The van der Waals surface area contributed by atoms with Crippen LogP contribution < -0.4 is 4.74 Å². The van der Waals surface area contributed by atoms with Gasteiger partial charge in [0.15, 0.2) is 0 Å². The highest BCUT2D eigenvalue weighted by Gasteiger charge is 2.35. The van der Waals surface area contributed by atoms with Gasteiger partial charge in [-0.15, -0.1) is 23.4 Å². The Balaban J connectivity index is 2.22. The lowest BCUT2D eigenvalue weighted by molar-refractivity contribution is -0.274. The fourth-order valence-electron chi connectivity index (χ4n) is 3.07. The average Bonchev–Trinajstić information content (AvgIpc) is 3.10. The Morgan fingerprint density at radius 2 is 1.78 bits per heavy atom. The lowest BCUT2D eigenvalue weighted by atomic mass is 9.90. The molecule has 0 saturated heterocycles. The van der Waals surface area contributed by atoms with Crippen molar-refractivity contribution in [2.45, 2.75) is 31.8 Å². The zero-order valence-corrected chi connectivity index (χ0v) is 16.2. The highest BCUT2D eigenvalue weighted by Crippen LogP contribution is 2.40. The Kier molecular flexibility index (Phi) is 6.15. The van der Waals surface area contributed by atoms with E-state index in [4.69, 9.17) is 4.42 Å². The van der Waals surface area contributed by atoms with Crippen LogP contribution in [0.3, 0.4) is 0 Å². The van der Waals surface area contributed by atoms with E-state index in [1.165, 1.54) is 19.1 Å². The lowest BCUT2D eigenvalue weighted by Crippen LogP contribution is -2.17. The number of aliphatic carboxylic acids is 1. The highest BCUT2D eigenvalue weighted by atomic mass is 19.4. The predicted octanol–water partition coefficient (Wildman–Crippen LogP) is 5.57. The van der Waals surface area contributed by atoms with Crippen LogP contribution in [0.1, 0.15) is 35.2 Å². The highest BCUT2D eigenvalue weighted by molar-refractivity contribution is 5.73. The van der Waals surface area contributed by atoms with E-state index in [0.717, 1.165) is 18.2 Å². The van der Waals surface area contributed by atoms with Crippen LogP contribution in [0.4, 0.5) is 26.3 Å².